The third-order valence-corrected chi connectivity index (χ3v) is 3.44. The van der Waals surface area contributed by atoms with Gasteiger partial charge in [0.15, 0.2) is 11.6 Å². The summed E-state index contributed by atoms with van der Waals surface area (Å²) in [4.78, 5) is 13.2. The van der Waals surface area contributed by atoms with Crippen LogP contribution < -0.4 is 10.2 Å². The molecule has 0 bridgehead atoms. The van der Waals surface area contributed by atoms with E-state index in [9.17, 15) is 13.6 Å². The topological polar surface area (TPSA) is 41.6 Å². The van der Waals surface area contributed by atoms with Crippen LogP contribution in [-0.2, 0) is 4.74 Å². The van der Waals surface area contributed by atoms with E-state index in [1.54, 1.807) is 6.07 Å². The van der Waals surface area contributed by atoms with Gasteiger partial charge in [-0.15, -0.1) is 0 Å². The van der Waals surface area contributed by atoms with E-state index in [1.165, 1.54) is 13.2 Å². The zero-order valence-corrected chi connectivity index (χ0v) is 11.5. The Kier molecular flexibility index (Phi) is 4.42. The Morgan fingerprint density at radius 2 is 2.10 bits per heavy atom. The maximum absolute atomic E-state index is 13.3. The van der Waals surface area contributed by atoms with Crippen LogP contribution in [0, 0.1) is 17.6 Å². The third-order valence-electron chi connectivity index (χ3n) is 3.44. The molecule has 0 spiro atoms. The predicted molar refractivity (Wildman–Crippen MR) is 71.7 cm³/mol. The number of nitrogens with zero attached hydrogens (tertiary/aromatic N) is 1. The highest BCUT2D eigenvalue weighted by Gasteiger charge is 2.26. The van der Waals surface area contributed by atoms with E-state index in [1.807, 2.05) is 4.90 Å². The van der Waals surface area contributed by atoms with Crippen LogP contribution in [0.5, 0.6) is 0 Å². The molecule has 1 N–H and O–H groups in total. The standard InChI is InChI=1S/C14H18F2N2O2/c1-9-5-10(17-14(19)20-2)8-18(7-9)11-3-4-12(15)13(16)6-11/h3-4,6,9-10H,5,7-8H2,1-2H3,(H,17,19). The number of hydrogen-bond donors (Lipinski definition) is 1. The van der Waals surface area contributed by atoms with Gasteiger partial charge < -0.3 is 15.0 Å². The molecule has 1 heterocycles. The minimum absolute atomic E-state index is 0.0701. The lowest BCUT2D eigenvalue weighted by atomic mass is 9.95. The number of alkyl carbamates (subject to hydrolysis) is 1. The lowest BCUT2D eigenvalue weighted by molar-refractivity contribution is 0.163. The van der Waals surface area contributed by atoms with E-state index in [2.05, 4.69) is 17.0 Å². The molecule has 2 unspecified atom stereocenters. The minimum atomic E-state index is -0.863. The number of ether oxygens (including phenoxy) is 1. The predicted octanol–water partition coefficient (Wildman–Crippen LogP) is 2.54. The quantitative estimate of drug-likeness (QED) is 0.907. The number of carbonyl (C=O) groups is 1. The van der Waals surface area contributed by atoms with Crippen LogP contribution in [0.2, 0.25) is 0 Å². The number of halogens is 2. The maximum atomic E-state index is 13.3. The molecule has 1 fully saturated rings. The number of amides is 1. The number of nitrogens with one attached hydrogen (secondary N) is 1. The summed E-state index contributed by atoms with van der Waals surface area (Å²) in [5, 5.41) is 2.75. The van der Waals surface area contributed by atoms with Crippen molar-refractivity contribution in [3.63, 3.8) is 0 Å². The molecule has 20 heavy (non-hydrogen) atoms. The van der Waals surface area contributed by atoms with Crippen LogP contribution in [-0.4, -0.2) is 32.3 Å². The number of methoxy groups -OCH3 is 1. The highest BCUT2D eigenvalue weighted by Crippen LogP contribution is 2.24. The average molecular weight is 284 g/mol. The second-order valence-electron chi connectivity index (χ2n) is 5.18. The summed E-state index contributed by atoms with van der Waals surface area (Å²) in [5.41, 5.74) is 0.618. The van der Waals surface area contributed by atoms with Crippen molar-refractivity contribution in [3.05, 3.63) is 29.8 Å². The van der Waals surface area contributed by atoms with Crippen molar-refractivity contribution in [1.29, 1.82) is 0 Å². The molecule has 0 aliphatic carbocycles. The highest BCUT2D eigenvalue weighted by molar-refractivity contribution is 5.67. The Morgan fingerprint density at radius 3 is 2.75 bits per heavy atom. The summed E-state index contributed by atoms with van der Waals surface area (Å²) in [6, 6.07) is 3.78. The van der Waals surface area contributed by atoms with Crippen LogP contribution in [0.25, 0.3) is 0 Å². The first-order valence-corrected chi connectivity index (χ1v) is 6.54. The number of benzene rings is 1. The molecular formula is C14H18F2N2O2. The molecule has 2 rings (SSSR count). The number of carbonyl (C=O) groups excluding carboxylic acids is 1. The Hall–Kier alpha value is -1.85. The summed E-state index contributed by atoms with van der Waals surface area (Å²) in [7, 11) is 1.31. The van der Waals surface area contributed by atoms with E-state index in [-0.39, 0.29) is 6.04 Å². The van der Waals surface area contributed by atoms with Crippen LogP contribution in [0.3, 0.4) is 0 Å². The van der Waals surface area contributed by atoms with E-state index in [0.717, 1.165) is 19.0 Å². The van der Waals surface area contributed by atoms with Gasteiger partial charge in [0, 0.05) is 30.9 Å². The van der Waals surface area contributed by atoms with Crippen molar-refractivity contribution >= 4 is 11.8 Å². The summed E-state index contributed by atoms with van der Waals surface area (Å²) < 4.78 is 30.9. The molecular weight excluding hydrogens is 266 g/mol. The SMILES string of the molecule is COC(=O)NC1CC(C)CN(c2ccc(F)c(F)c2)C1. The first-order chi connectivity index (χ1) is 9.49. The molecule has 1 aromatic rings. The van der Waals surface area contributed by atoms with Crippen molar-refractivity contribution in [1.82, 2.24) is 5.32 Å². The minimum Gasteiger partial charge on any atom is -0.453 e. The summed E-state index contributed by atoms with van der Waals surface area (Å²) in [5.74, 6) is -1.39. The first kappa shape index (κ1) is 14.6. The van der Waals surface area contributed by atoms with E-state index in [0.29, 0.717) is 18.2 Å². The summed E-state index contributed by atoms with van der Waals surface area (Å²) in [6.45, 7) is 3.34. The van der Waals surface area contributed by atoms with Gasteiger partial charge in [0.1, 0.15) is 0 Å². The Labute approximate surface area is 116 Å². The Morgan fingerprint density at radius 1 is 1.35 bits per heavy atom. The Bertz CT molecular complexity index is 496. The largest absolute Gasteiger partial charge is 0.453 e. The molecule has 1 aliphatic heterocycles. The Balaban J connectivity index is 2.10. The third kappa shape index (κ3) is 3.37. The fraction of sp³-hybridized carbons (Fsp3) is 0.500. The molecule has 1 aromatic carbocycles. The normalized spacial score (nSPS) is 22.5. The first-order valence-electron chi connectivity index (χ1n) is 6.54. The second-order valence-corrected chi connectivity index (χ2v) is 5.18. The molecule has 2 atom stereocenters. The molecule has 1 saturated heterocycles. The van der Waals surface area contributed by atoms with Crippen LogP contribution in [0.15, 0.2) is 18.2 Å². The number of rotatable bonds is 2. The fourth-order valence-corrected chi connectivity index (χ4v) is 2.57. The summed E-state index contributed by atoms with van der Waals surface area (Å²) >= 11 is 0. The van der Waals surface area contributed by atoms with Crippen LogP contribution >= 0.6 is 0 Å². The smallest absolute Gasteiger partial charge is 0.407 e. The van der Waals surface area contributed by atoms with Crippen molar-refractivity contribution in [3.8, 4) is 0 Å². The molecule has 4 nitrogen and oxygen atoms in total. The zero-order valence-electron chi connectivity index (χ0n) is 11.5. The van der Waals surface area contributed by atoms with Gasteiger partial charge in [-0.2, -0.15) is 0 Å². The van der Waals surface area contributed by atoms with Gasteiger partial charge in [-0.3, -0.25) is 0 Å². The van der Waals surface area contributed by atoms with E-state index in [4.69, 9.17) is 0 Å². The van der Waals surface area contributed by atoms with Crippen LogP contribution in [0.4, 0.5) is 19.3 Å². The number of anilines is 1. The summed E-state index contributed by atoms with van der Waals surface area (Å²) in [6.07, 6.45) is 0.351. The lowest BCUT2D eigenvalue weighted by Gasteiger charge is -2.38. The van der Waals surface area contributed by atoms with Crippen LogP contribution in [0.1, 0.15) is 13.3 Å². The monoisotopic (exact) mass is 284 g/mol. The molecule has 1 aliphatic rings. The fourth-order valence-electron chi connectivity index (χ4n) is 2.57. The molecule has 1 amide bonds. The number of piperidine rings is 1. The molecule has 0 aromatic heterocycles. The lowest BCUT2D eigenvalue weighted by Crippen LogP contribution is -2.50. The van der Waals surface area contributed by atoms with Gasteiger partial charge in [0.25, 0.3) is 0 Å². The second kappa shape index (κ2) is 6.07. The van der Waals surface area contributed by atoms with Gasteiger partial charge in [0.2, 0.25) is 0 Å². The average Bonchev–Trinajstić information content (AvgIpc) is 2.41. The van der Waals surface area contributed by atoms with Gasteiger partial charge in [-0.05, 0) is 24.5 Å². The number of hydrogen-bond acceptors (Lipinski definition) is 3. The van der Waals surface area contributed by atoms with Crippen molar-refractivity contribution in [2.24, 2.45) is 5.92 Å². The van der Waals surface area contributed by atoms with Gasteiger partial charge >= 0.3 is 6.09 Å². The van der Waals surface area contributed by atoms with Crippen molar-refractivity contribution in [2.45, 2.75) is 19.4 Å². The van der Waals surface area contributed by atoms with Gasteiger partial charge in [0.05, 0.1) is 7.11 Å². The van der Waals surface area contributed by atoms with Crippen molar-refractivity contribution < 1.29 is 18.3 Å². The van der Waals surface area contributed by atoms with Gasteiger partial charge in [-0.25, -0.2) is 13.6 Å². The molecule has 0 saturated carbocycles. The molecule has 0 radical (unpaired) electrons. The highest BCUT2D eigenvalue weighted by atomic mass is 19.2. The molecule has 110 valence electrons. The van der Waals surface area contributed by atoms with Crippen molar-refractivity contribution in [2.75, 3.05) is 25.1 Å². The maximum Gasteiger partial charge on any atom is 0.407 e. The zero-order chi connectivity index (χ0) is 14.7. The van der Waals surface area contributed by atoms with Gasteiger partial charge in [-0.1, -0.05) is 6.92 Å². The van der Waals surface area contributed by atoms with E-state index < -0.39 is 17.7 Å². The van der Waals surface area contributed by atoms with E-state index >= 15 is 0 Å². The molecule has 6 heteroatoms.